The number of anilines is 2. The second-order valence-electron chi connectivity index (χ2n) is 5.19. The van der Waals surface area contributed by atoms with Crippen LogP contribution in [0.5, 0.6) is 0 Å². The second-order valence-corrected chi connectivity index (χ2v) is 5.19. The molecule has 1 unspecified atom stereocenters. The number of aliphatic hydroxyl groups is 2. The molecular weight excluding hydrogens is 268 g/mol. The standard InChI is InChI=1S/C16H18N2O3/c1-18(8-10(20)9-19)13-7-6-12(17)15-11-4-2-3-5-14(11)21-16(13)15/h2-7,10,19-20H,8-9,17H2,1H3. The lowest BCUT2D eigenvalue weighted by molar-refractivity contribution is 0.101. The minimum Gasteiger partial charge on any atom is -0.454 e. The Morgan fingerprint density at radius 3 is 2.76 bits per heavy atom. The van der Waals surface area contributed by atoms with E-state index in [0.29, 0.717) is 17.8 Å². The Balaban J connectivity index is 2.18. The van der Waals surface area contributed by atoms with E-state index < -0.39 is 6.10 Å². The van der Waals surface area contributed by atoms with E-state index in [1.165, 1.54) is 0 Å². The van der Waals surface area contributed by atoms with E-state index in [1.54, 1.807) is 0 Å². The highest BCUT2D eigenvalue weighted by molar-refractivity contribution is 6.14. The van der Waals surface area contributed by atoms with Gasteiger partial charge in [-0.25, -0.2) is 0 Å². The van der Waals surface area contributed by atoms with Gasteiger partial charge in [-0.2, -0.15) is 0 Å². The Morgan fingerprint density at radius 1 is 1.24 bits per heavy atom. The zero-order chi connectivity index (χ0) is 15.0. The largest absolute Gasteiger partial charge is 0.454 e. The van der Waals surface area contributed by atoms with Gasteiger partial charge >= 0.3 is 0 Å². The molecule has 1 heterocycles. The van der Waals surface area contributed by atoms with Crippen molar-refractivity contribution in [2.45, 2.75) is 6.10 Å². The van der Waals surface area contributed by atoms with E-state index in [4.69, 9.17) is 15.3 Å². The van der Waals surface area contributed by atoms with Crippen molar-refractivity contribution < 1.29 is 14.6 Å². The third kappa shape index (κ3) is 2.30. The van der Waals surface area contributed by atoms with Gasteiger partial charge in [-0.15, -0.1) is 0 Å². The summed E-state index contributed by atoms with van der Waals surface area (Å²) in [5, 5.41) is 20.4. The summed E-state index contributed by atoms with van der Waals surface area (Å²) in [6.45, 7) is 0.0369. The number of rotatable bonds is 4. The van der Waals surface area contributed by atoms with Gasteiger partial charge in [0.2, 0.25) is 0 Å². The van der Waals surface area contributed by atoms with Crippen LogP contribution in [0.3, 0.4) is 0 Å². The molecule has 0 aliphatic heterocycles. The predicted molar refractivity (Wildman–Crippen MR) is 84.5 cm³/mol. The van der Waals surface area contributed by atoms with Crippen LogP contribution in [0.15, 0.2) is 40.8 Å². The van der Waals surface area contributed by atoms with E-state index in [0.717, 1.165) is 22.0 Å². The van der Waals surface area contributed by atoms with Crippen LogP contribution in [0, 0.1) is 0 Å². The van der Waals surface area contributed by atoms with E-state index in [-0.39, 0.29) is 6.61 Å². The summed E-state index contributed by atoms with van der Waals surface area (Å²) in [5.74, 6) is 0. The first-order valence-corrected chi connectivity index (χ1v) is 6.81. The molecule has 0 fully saturated rings. The maximum Gasteiger partial charge on any atom is 0.160 e. The maximum atomic E-state index is 9.61. The zero-order valence-corrected chi connectivity index (χ0v) is 11.8. The van der Waals surface area contributed by atoms with Crippen LogP contribution in [0.1, 0.15) is 0 Å². The lowest BCUT2D eigenvalue weighted by Gasteiger charge is -2.22. The molecule has 0 saturated heterocycles. The highest BCUT2D eigenvalue weighted by atomic mass is 16.3. The Labute approximate surface area is 122 Å². The van der Waals surface area contributed by atoms with Crippen molar-refractivity contribution in [1.82, 2.24) is 0 Å². The molecule has 0 spiro atoms. The normalized spacial score (nSPS) is 12.9. The summed E-state index contributed by atoms with van der Waals surface area (Å²) >= 11 is 0. The number of para-hydroxylation sites is 1. The SMILES string of the molecule is CN(CC(O)CO)c1ccc(N)c2c1oc1ccccc12. The van der Waals surface area contributed by atoms with Crippen molar-refractivity contribution in [3.63, 3.8) is 0 Å². The molecule has 2 aromatic carbocycles. The third-order valence-corrected chi connectivity index (χ3v) is 3.64. The van der Waals surface area contributed by atoms with Gasteiger partial charge in [0.05, 0.1) is 23.8 Å². The molecular formula is C16H18N2O3. The summed E-state index contributed by atoms with van der Waals surface area (Å²) in [6, 6.07) is 11.4. The van der Waals surface area contributed by atoms with Gasteiger partial charge in [0, 0.05) is 24.7 Å². The first-order chi connectivity index (χ1) is 10.1. The highest BCUT2D eigenvalue weighted by Gasteiger charge is 2.17. The predicted octanol–water partition coefficient (Wildman–Crippen LogP) is 1.96. The Kier molecular flexibility index (Phi) is 3.45. The van der Waals surface area contributed by atoms with Crippen molar-refractivity contribution >= 4 is 33.3 Å². The smallest absolute Gasteiger partial charge is 0.160 e. The van der Waals surface area contributed by atoms with Gasteiger partial charge in [0.1, 0.15) is 5.58 Å². The van der Waals surface area contributed by atoms with Gasteiger partial charge in [0.25, 0.3) is 0 Å². The Bertz CT molecular complexity index is 782. The number of hydrogen-bond donors (Lipinski definition) is 3. The zero-order valence-electron chi connectivity index (χ0n) is 11.8. The number of benzene rings is 2. The fourth-order valence-corrected chi connectivity index (χ4v) is 2.61. The van der Waals surface area contributed by atoms with Crippen LogP contribution in [-0.2, 0) is 0 Å². The first kappa shape index (κ1) is 13.7. The van der Waals surface area contributed by atoms with Gasteiger partial charge in [-0.1, -0.05) is 18.2 Å². The fraction of sp³-hybridized carbons (Fsp3) is 0.250. The summed E-state index contributed by atoms with van der Waals surface area (Å²) in [6.07, 6.45) is -0.799. The van der Waals surface area contributed by atoms with Gasteiger partial charge in [0.15, 0.2) is 5.58 Å². The number of likely N-dealkylation sites (N-methyl/N-ethyl adjacent to an activating group) is 1. The van der Waals surface area contributed by atoms with Crippen LogP contribution in [0.25, 0.3) is 21.9 Å². The van der Waals surface area contributed by atoms with Crippen LogP contribution in [-0.4, -0.2) is 36.5 Å². The lowest BCUT2D eigenvalue weighted by Crippen LogP contribution is -2.31. The van der Waals surface area contributed by atoms with Crippen LogP contribution >= 0.6 is 0 Å². The number of nitrogens with zero attached hydrogens (tertiary/aromatic N) is 1. The summed E-state index contributed by atoms with van der Waals surface area (Å²) < 4.78 is 5.93. The van der Waals surface area contributed by atoms with Crippen LogP contribution in [0.2, 0.25) is 0 Å². The van der Waals surface area contributed by atoms with Crippen molar-refractivity contribution in [3.05, 3.63) is 36.4 Å². The second kappa shape index (κ2) is 5.27. The fourth-order valence-electron chi connectivity index (χ4n) is 2.61. The minimum absolute atomic E-state index is 0.275. The first-order valence-electron chi connectivity index (χ1n) is 6.81. The van der Waals surface area contributed by atoms with Crippen molar-refractivity contribution in [2.24, 2.45) is 0 Å². The van der Waals surface area contributed by atoms with E-state index in [2.05, 4.69) is 0 Å². The molecule has 1 atom stereocenters. The molecule has 21 heavy (non-hydrogen) atoms. The van der Waals surface area contributed by atoms with Crippen LogP contribution in [0.4, 0.5) is 11.4 Å². The van der Waals surface area contributed by atoms with Crippen molar-refractivity contribution in [3.8, 4) is 0 Å². The summed E-state index contributed by atoms with van der Waals surface area (Å²) in [4.78, 5) is 1.85. The van der Waals surface area contributed by atoms with Crippen molar-refractivity contribution in [2.75, 3.05) is 30.8 Å². The molecule has 1 aromatic heterocycles. The summed E-state index contributed by atoms with van der Waals surface area (Å²) in [7, 11) is 1.84. The van der Waals surface area contributed by atoms with Gasteiger partial charge < -0.3 is 25.3 Å². The monoisotopic (exact) mass is 286 g/mol. The molecule has 5 nitrogen and oxygen atoms in total. The topological polar surface area (TPSA) is 82.9 Å². The van der Waals surface area contributed by atoms with Crippen molar-refractivity contribution in [1.29, 1.82) is 0 Å². The molecule has 4 N–H and O–H groups in total. The maximum absolute atomic E-state index is 9.61. The number of hydrogen-bond acceptors (Lipinski definition) is 5. The van der Waals surface area contributed by atoms with Crippen LogP contribution < -0.4 is 10.6 Å². The Hall–Kier alpha value is -2.24. The van der Waals surface area contributed by atoms with E-state index in [9.17, 15) is 5.11 Å². The molecule has 0 radical (unpaired) electrons. The van der Waals surface area contributed by atoms with E-state index in [1.807, 2.05) is 48.3 Å². The van der Waals surface area contributed by atoms with E-state index >= 15 is 0 Å². The quantitative estimate of drug-likeness (QED) is 0.639. The third-order valence-electron chi connectivity index (χ3n) is 3.64. The molecule has 0 bridgehead atoms. The highest BCUT2D eigenvalue weighted by Crippen LogP contribution is 2.38. The minimum atomic E-state index is -0.799. The Morgan fingerprint density at radius 2 is 2.00 bits per heavy atom. The number of fused-ring (bicyclic) bond motifs is 3. The molecule has 0 aliphatic rings. The number of nitrogens with two attached hydrogens (primary N) is 1. The number of aliphatic hydroxyl groups excluding tert-OH is 2. The summed E-state index contributed by atoms with van der Waals surface area (Å²) in [5.41, 5.74) is 9.07. The molecule has 110 valence electrons. The van der Waals surface area contributed by atoms with Gasteiger partial charge in [-0.05, 0) is 18.2 Å². The molecule has 0 saturated carbocycles. The lowest BCUT2D eigenvalue weighted by atomic mass is 10.1. The number of nitrogen functional groups attached to an aromatic ring is 1. The average molecular weight is 286 g/mol. The molecule has 5 heteroatoms. The molecule has 3 aromatic rings. The van der Waals surface area contributed by atoms with Gasteiger partial charge in [-0.3, -0.25) is 0 Å². The molecule has 0 amide bonds. The molecule has 3 rings (SSSR count). The number of furan rings is 1. The molecule has 0 aliphatic carbocycles. The average Bonchev–Trinajstić information content (AvgIpc) is 2.87.